The molecule has 7 heteroatoms. The lowest BCUT2D eigenvalue weighted by Gasteiger charge is -2.37. The van der Waals surface area contributed by atoms with Crippen molar-refractivity contribution in [3.63, 3.8) is 0 Å². The van der Waals surface area contributed by atoms with Crippen LogP contribution in [0, 0.1) is 17.2 Å². The molecular weight excluding hydrogens is 352 g/mol. The number of hydrogen-bond acceptors (Lipinski definition) is 7. The van der Waals surface area contributed by atoms with Gasteiger partial charge < -0.3 is 10.1 Å². The zero-order chi connectivity index (χ0) is 19.2. The lowest BCUT2D eigenvalue weighted by Crippen LogP contribution is -2.43. The van der Waals surface area contributed by atoms with Gasteiger partial charge in [-0.05, 0) is 43.2 Å². The monoisotopic (exact) mass is 376 g/mol. The number of nitrogens with zero attached hydrogens (tertiary/aromatic N) is 4. The predicted molar refractivity (Wildman–Crippen MR) is 108 cm³/mol. The van der Waals surface area contributed by atoms with Gasteiger partial charge in [0.05, 0.1) is 24.5 Å². The lowest BCUT2D eigenvalue weighted by atomic mass is 10.00. The third kappa shape index (κ3) is 4.48. The van der Waals surface area contributed by atoms with Crippen LogP contribution < -0.4 is 15.5 Å². The second-order valence-electron chi connectivity index (χ2n) is 6.85. The summed E-state index contributed by atoms with van der Waals surface area (Å²) >= 11 is 0. The maximum atomic E-state index is 9.05. The molecule has 0 bridgehead atoms. The van der Waals surface area contributed by atoms with Crippen LogP contribution in [0.15, 0.2) is 73.2 Å². The van der Waals surface area contributed by atoms with E-state index in [1.54, 1.807) is 0 Å². The van der Waals surface area contributed by atoms with Crippen LogP contribution in [0.2, 0.25) is 0 Å². The molecule has 1 fully saturated rings. The molecule has 0 aromatic heterocycles. The van der Waals surface area contributed by atoms with Crippen molar-refractivity contribution in [2.24, 2.45) is 5.92 Å². The van der Waals surface area contributed by atoms with Crippen molar-refractivity contribution >= 4 is 5.69 Å². The molecule has 0 aliphatic carbocycles. The van der Waals surface area contributed by atoms with E-state index in [1.165, 1.54) is 0 Å². The number of hydrazine groups is 2. The molecule has 1 aromatic rings. The summed E-state index contributed by atoms with van der Waals surface area (Å²) in [6, 6.07) is 10.2. The molecule has 1 aromatic carbocycles. The Morgan fingerprint density at radius 2 is 1.93 bits per heavy atom. The number of anilines is 1. The first kappa shape index (κ1) is 18.0. The minimum atomic E-state index is 0.173. The molecule has 28 heavy (non-hydrogen) atoms. The Kier molecular flexibility index (Phi) is 5.50. The zero-order valence-corrected chi connectivity index (χ0v) is 15.7. The first-order valence-corrected chi connectivity index (χ1v) is 9.52. The van der Waals surface area contributed by atoms with E-state index in [0.29, 0.717) is 5.88 Å². The largest absolute Gasteiger partial charge is 0.439 e. The first-order chi connectivity index (χ1) is 13.8. The number of rotatable bonds is 5. The van der Waals surface area contributed by atoms with Crippen molar-refractivity contribution in [3.05, 3.63) is 73.2 Å². The molecule has 0 spiro atoms. The van der Waals surface area contributed by atoms with Gasteiger partial charge in [-0.3, -0.25) is 15.4 Å². The molecule has 3 heterocycles. The molecule has 4 rings (SSSR count). The van der Waals surface area contributed by atoms with Gasteiger partial charge in [0.25, 0.3) is 0 Å². The summed E-state index contributed by atoms with van der Waals surface area (Å²) in [5.74, 6) is 1.60. The van der Waals surface area contributed by atoms with E-state index >= 15 is 0 Å². The van der Waals surface area contributed by atoms with Crippen LogP contribution >= 0.6 is 0 Å². The Morgan fingerprint density at radius 1 is 1.11 bits per heavy atom. The molecule has 0 unspecified atom stereocenters. The van der Waals surface area contributed by atoms with Crippen LogP contribution in [-0.4, -0.2) is 34.7 Å². The Bertz CT molecular complexity index is 827. The van der Waals surface area contributed by atoms with Crippen molar-refractivity contribution in [2.45, 2.75) is 12.8 Å². The predicted octanol–water partition coefficient (Wildman–Crippen LogP) is 3.10. The van der Waals surface area contributed by atoms with E-state index in [0.717, 1.165) is 43.9 Å². The van der Waals surface area contributed by atoms with Crippen LogP contribution in [0.1, 0.15) is 12.8 Å². The molecular formula is C21H24N6O. The molecule has 2 N–H and O–H groups in total. The average Bonchev–Trinajstić information content (AvgIpc) is 2.76. The maximum Gasteiger partial charge on any atom is 0.215 e. The average molecular weight is 376 g/mol. The molecule has 7 nitrogen and oxygen atoms in total. The Morgan fingerprint density at radius 3 is 2.64 bits per heavy atom. The van der Waals surface area contributed by atoms with Gasteiger partial charge in [0.1, 0.15) is 5.75 Å². The standard InChI is InChI=1S/C21H24N6O/c22-16-18-8-13-26(14-9-18)27-15-10-23-21(17-27)28-20-6-4-19(5-7-20)24-25-11-2-1-3-12-25/h1-7,10-11,15,17-18,23-24H,8-9,12-14H2. The van der Waals surface area contributed by atoms with Gasteiger partial charge in [0.2, 0.25) is 5.88 Å². The van der Waals surface area contributed by atoms with Gasteiger partial charge >= 0.3 is 0 Å². The first-order valence-electron chi connectivity index (χ1n) is 9.52. The fourth-order valence-corrected chi connectivity index (χ4v) is 3.29. The van der Waals surface area contributed by atoms with Crippen LogP contribution in [0.4, 0.5) is 5.69 Å². The third-order valence-corrected chi connectivity index (χ3v) is 4.85. The van der Waals surface area contributed by atoms with Gasteiger partial charge in [-0.15, -0.1) is 0 Å². The highest BCUT2D eigenvalue weighted by Gasteiger charge is 2.22. The smallest absolute Gasteiger partial charge is 0.215 e. The molecule has 1 saturated heterocycles. The second-order valence-corrected chi connectivity index (χ2v) is 6.85. The summed E-state index contributed by atoms with van der Waals surface area (Å²) in [7, 11) is 0. The summed E-state index contributed by atoms with van der Waals surface area (Å²) < 4.78 is 5.98. The highest BCUT2D eigenvalue weighted by atomic mass is 16.5. The van der Waals surface area contributed by atoms with E-state index < -0.39 is 0 Å². The maximum absolute atomic E-state index is 9.05. The Hall–Kier alpha value is -3.37. The van der Waals surface area contributed by atoms with Crippen LogP contribution in [0.5, 0.6) is 5.75 Å². The second kappa shape index (κ2) is 8.55. The van der Waals surface area contributed by atoms with E-state index in [1.807, 2.05) is 71.2 Å². The minimum absolute atomic E-state index is 0.173. The normalized spacial score (nSPS) is 19.8. The van der Waals surface area contributed by atoms with Gasteiger partial charge in [-0.25, -0.2) is 5.01 Å². The van der Waals surface area contributed by atoms with E-state index in [4.69, 9.17) is 10.00 Å². The molecule has 3 aliphatic heterocycles. The number of piperidine rings is 1. The summed E-state index contributed by atoms with van der Waals surface area (Å²) in [6.07, 6.45) is 15.7. The van der Waals surface area contributed by atoms with Gasteiger partial charge in [-0.1, -0.05) is 12.2 Å². The Labute approximate surface area is 165 Å². The lowest BCUT2D eigenvalue weighted by molar-refractivity contribution is 0.0313. The number of allylic oxidation sites excluding steroid dienone is 2. The van der Waals surface area contributed by atoms with Crippen molar-refractivity contribution < 1.29 is 4.74 Å². The number of nitrogens with one attached hydrogen (secondary N) is 2. The van der Waals surface area contributed by atoms with Crippen molar-refractivity contribution in [1.82, 2.24) is 20.3 Å². The van der Waals surface area contributed by atoms with Gasteiger partial charge in [-0.2, -0.15) is 5.26 Å². The topological polar surface area (TPSA) is 66.8 Å². The fraction of sp³-hybridized carbons (Fsp3) is 0.286. The SMILES string of the molecule is N#CC1CCN(N2C=CNC(Oc3ccc(NN4C=CC=CC4)cc3)=C2)CC1. The Balaban J connectivity index is 1.33. The van der Waals surface area contributed by atoms with Crippen molar-refractivity contribution in [3.8, 4) is 11.8 Å². The van der Waals surface area contributed by atoms with Crippen LogP contribution in [0.25, 0.3) is 0 Å². The van der Waals surface area contributed by atoms with Gasteiger partial charge in [0, 0.05) is 37.6 Å². The van der Waals surface area contributed by atoms with Crippen molar-refractivity contribution in [2.75, 3.05) is 25.1 Å². The molecule has 0 radical (unpaired) electrons. The van der Waals surface area contributed by atoms with E-state index in [2.05, 4.69) is 27.9 Å². The molecule has 0 amide bonds. The quantitative estimate of drug-likeness (QED) is 0.818. The number of hydrogen-bond donors (Lipinski definition) is 2. The summed E-state index contributed by atoms with van der Waals surface area (Å²) in [4.78, 5) is 0. The number of benzene rings is 1. The number of ether oxygens (including phenoxy) is 1. The van der Waals surface area contributed by atoms with Crippen LogP contribution in [0.3, 0.4) is 0 Å². The summed E-state index contributed by atoms with van der Waals surface area (Å²) in [5.41, 5.74) is 4.33. The third-order valence-electron chi connectivity index (χ3n) is 4.85. The zero-order valence-electron chi connectivity index (χ0n) is 15.7. The fourth-order valence-electron chi connectivity index (χ4n) is 3.29. The molecule has 0 atom stereocenters. The molecule has 144 valence electrons. The highest BCUT2D eigenvalue weighted by Crippen LogP contribution is 2.22. The highest BCUT2D eigenvalue weighted by molar-refractivity contribution is 5.46. The summed E-state index contributed by atoms with van der Waals surface area (Å²) in [5, 5.41) is 18.5. The van der Waals surface area contributed by atoms with E-state index in [-0.39, 0.29) is 5.92 Å². The van der Waals surface area contributed by atoms with Crippen LogP contribution in [-0.2, 0) is 0 Å². The minimum Gasteiger partial charge on any atom is -0.439 e. The van der Waals surface area contributed by atoms with Crippen molar-refractivity contribution in [1.29, 1.82) is 5.26 Å². The van der Waals surface area contributed by atoms with Gasteiger partial charge in [0.15, 0.2) is 0 Å². The number of nitriles is 1. The molecule has 0 saturated carbocycles. The molecule has 3 aliphatic rings. The van der Waals surface area contributed by atoms with E-state index in [9.17, 15) is 0 Å². The summed E-state index contributed by atoms with van der Waals surface area (Å²) in [6.45, 7) is 2.57.